The number of carbonyl (C=O) groups is 6. The Bertz CT molecular complexity index is 2180. The van der Waals surface area contributed by atoms with Gasteiger partial charge in [0.1, 0.15) is 29.4 Å². The highest BCUT2D eigenvalue weighted by Gasteiger charge is 2.35. The summed E-state index contributed by atoms with van der Waals surface area (Å²) >= 11 is 2.44. The summed E-state index contributed by atoms with van der Waals surface area (Å²) in [6.45, 7) is 14.1. The third kappa shape index (κ3) is 12.7. The second-order valence-corrected chi connectivity index (χ2v) is 17.9. The molecule has 2 heterocycles. The first-order valence-electron chi connectivity index (χ1n) is 20.1. The molecule has 2 amide bonds. The molecule has 4 rings (SSSR count). The van der Waals surface area contributed by atoms with Crippen molar-refractivity contribution in [2.45, 2.75) is 84.0 Å². The number of aromatic nitrogens is 1. The van der Waals surface area contributed by atoms with Gasteiger partial charge < -0.3 is 34.9 Å². The third-order valence-electron chi connectivity index (χ3n) is 9.62. The lowest BCUT2D eigenvalue weighted by atomic mass is 9.91. The SMILES string of the molecule is CCOC(=O)C1=C(c2ccccc2)C(=Cc2[nH]c(NC(=O)C(C)SCCOC(=O)C(C)(C)CC)c(C(=O)OCC)c2-c2ccccc2)N=C1NC(=O)C(C)SC(C)CC(=O)O. The highest BCUT2D eigenvalue weighted by atomic mass is 32.2. The molecule has 61 heavy (non-hydrogen) atoms. The minimum atomic E-state index is -0.990. The lowest BCUT2D eigenvalue weighted by molar-refractivity contribution is -0.153. The number of amidine groups is 1. The van der Waals surface area contributed by atoms with Crippen LogP contribution in [0.1, 0.15) is 89.8 Å². The van der Waals surface area contributed by atoms with Gasteiger partial charge in [-0.25, -0.2) is 14.6 Å². The van der Waals surface area contributed by atoms with Crippen molar-refractivity contribution in [3.8, 4) is 11.1 Å². The van der Waals surface area contributed by atoms with E-state index in [-0.39, 0.29) is 65.9 Å². The number of esters is 3. The van der Waals surface area contributed by atoms with Gasteiger partial charge in [0.05, 0.1) is 46.9 Å². The number of carboxylic acid groups (broad SMARTS) is 1. The number of H-pyrrole nitrogens is 1. The first-order chi connectivity index (χ1) is 29.0. The molecule has 0 bridgehead atoms. The van der Waals surface area contributed by atoms with Crippen LogP contribution >= 0.6 is 23.5 Å². The Balaban J connectivity index is 1.85. The van der Waals surface area contributed by atoms with Crippen LogP contribution in [0.3, 0.4) is 0 Å². The number of amides is 2. The number of hydrogen-bond acceptors (Lipinski definition) is 12. The van der Waals surface area contributed by atoms with Crippen molar-refractivity contribution < 1.29 is 48.1 Å². The highest BCUT2D eigenvalue weighted by Crippen LogP contribution is 2.40. The van der Waals surface area contributed by atoms with E-state index < -0.39 is 45.6 Å². The van der Waals surface area contributed by atoms with Crippen LogP contribution in [0, 0.1) is 5.41 Å². The molecule has 3 atom stereocenters. The van der Waals surface area contributed by atoms with Gasteiger partial charge in [-0.1, -0.05) is 74.5 Å². The van der Waals surface area contributed by atoms with Gasteiger partial charge in [0.2, 0.25) is 11.8 Å². The second-order valence-electron chi connectivity index (χ2n) is 14.6. The highest BCUT2D eigenvalue weighted by molar-refractivity contribution is 8.01. The molecule has 326 valence electrons. The molecule has 3 unspecified atom stereocenters. The lowest BCUT2D eigenvalue weighted by Gasteiger charge is -2.20. The van der Waals surface area contributed by atoms with E-state index in [0.717, 1.165) is 0 Å². The van der Waals surface area contributed by atoms with Crippen LogP contribution < -0.4 is 10.6 Å². The zero-order chi connectivity index (χ0) is 44.9. The normalized spacial score (nSPS) is 14.8. The summed E-state index contributed by atoms with van der Waals surface area (Å²) in [5.74, 6) is -3.35. The smallest absolute Gasteiger partial charge is 0.342 e. The Morgan fingerprint density at radius 2 is 1.41 bits per heavy atom. The zero-order valence-electron chi connectivity index (χ0n) is 35.7. The summed E-state index contributed by atoms with van der Waals surface area (Å²) < 4.78 is 16.5. The Morgan fingerprint density at radius 3 is 2.00 bits per heavy atom. The number of benzene rings is 2. The van der Waals surface area contributed by atoms with Gasteiger partial charge >= 0.3 is 23.9 Å². The fraction of sp³-hybridized carbons (Fsp3) is 0.400. The maximum Gasteiger partial charge on any atom is 0.342 e. The van der Waals surface area contributed by atoms with Crippen LogP contribution in [0.5, 0.6) is 0 Å². The predicted octanol–water partition coefficient (Wildman–Crippen LogP) is 7.77. The molecule has 1 aromatic heterocycles. The molecule has 3 aromatic rings. The molecule has 0 saturated carbocycles. The number of nitrogens with one attached hydrogen (secondary N) is 3. The number of anilines is 1. The standard InChI is InChI=1S/C45H54N4O10S2/c1-9-45(7,8)44(56)59-22-23-60-27(5)40(52)48-38-36(42(54)57-10-2)34(29-18-14-12-15-19-29)31(46-38)25-32-35(30-20-16-13-17-21-30)37(43(55)58-11-3)39(47-32)49-41(53)28(6)61-26(4)24-33(50)51/h12-21,25-28,46H,9-11,22-24H2,1-8H3,(H,48,52)(H,50,51)(H,47,49,53). The molecular weight excluding hydrogens is 821 g/mol. The maximum atomic E-state index is 13.9. The van der Waals surface area contributed by atoms with Gasteiger partial charge in [0, 0.05) is 22.1 Å². The summed E-state index contributed by atoms with van der Waals surface area (Å²) in [4.78, 5) is 86.8. The number of thioether (sulfide) groups is 2. The number of aromatic amines is 1. The van der Waals surface area contributed by atoms with Crippen molar-refractivity contribution in [3.63, 3.8) is 0 Å². The number of rotatable bonds is 20. The van der Waals surface area contributed by atoms with E-state index in [4.69, 9.17) is 19.2 Å². The topological polar surface area (TPSA) is 203 Å². The van der Waals surface area contributed by atoms with Crippen LogP contribution in [0.15, 0.2) is 76.9 Å². The summed E-state index contributed by atoms with van der Waals surface area (Å²) in [7, 11) is 0. The van der Waals surface area contributed by atoms with E-state index in [9.17, 15) is 33.9 Å². The van der Waals surface area contributed by atoms with Crippen molar-refractivity contribution in [3.05, 3.63) is 88.8 Å². The van der Waals surface area contributed by atoms with Crippen LogP contribution in [0.4, 0.5) is 5.82 Å². The number of aliphatic carboxylic acids is 1. The average molecular weight is 875 g/mol. The molecular formula is C45H54N4O10S2. The van der Waals surface area contributed by atoms with E-state index in [1.807, 2.05) is 32.9 Å². The van der Waals surface area contributed by atoms with Crippen molar-refractivity contribution in [2.75, 3.05) is 30.9 Å². The number of allylic oxidation sites excluding steroid dienone is 1. The molecule has 1 aliphatic heterocycles. The molecule has 16 heteroatoms. The maximum absolute atomic E-state index is 13.9. The van der Waals surface area contributed by atoms with Gasteiger partial charge in [0.15, 0.2) is 0 Å². The van der Waals surface area contributed by atoms with E-state index >= 15 is 0 Å². The quantitative estimate of drug-likeness (QED) is 0.0489. The molecule has 4 N–H and O–H groups in total. The first kappa shape index (κ1) is 48.1. The molecule has 0 saturated heterocycles. The van der Waals surface area contributed by atoms with Gasteiger partial charge in [-0.2, -0.15) is 0 Å². The summed E-state index contributed by atoms with van der Waals surface area (Å²) in [5.41, 5.74) is 1.85. The first-order valence-corrected chi connectivity index (χ1v) is 22.1. The fourth-order valence-electron chi connectivity index (χ4n) is 6.06. The summed E-state index contributed by atoms with van der Waals surface area (Å²) in [6, 6.07) is 17.9. The monoisotopic (exact) mass is 874 g/mol. The van der Waals surface area contributed by atoms with Crippen molar-refractivity contribution in [1.82, 2.24) is 10.3 Å². The van der Waals surface area contributed by atoms with Crippen molar-refractivity contribution in [2.24, 2.45) is 10.4 Å². The second kappa shape index (κ2) is 22.3. The summed E-state index contributed by atoms with van der Waals surface area (Å²) in [5, 5.41) is 13.2. The molecule has 0 spiro atoms. The number of carbonyl (C=O) groups excluding carboxylic acids is 5. The van der Waals surface area contributed by atoms with E-state index in [2.05, 4.69) is 15.6 Å². The summed E-state index contributed by atoms with van der Waals surface area (Å²) in [6.07, 6.45) is 2.10. The Kier molecular flexibility index (Phi) is 17.6. The Morgan fingerprint density at radius 1 is 0.820 bits per heavy atom. The fourth-order valence-corrected chi connectivity index (χ4v) is 7.93. The van der Waals surface area contributed by atoms with Gasteiger partial charge in [-0.3, -0.25) is 19.2 Å². The number of aliphatic imine (C=N–C) groups is 1. The van der Waals surface area contributed by atoms with E-state index in [1.165, 1.54) is 23.5 Å². The minimum Gasteiger partial charge on any atom is -0.481 e. The Hall–Kier alpha value is -5.61. The van der Waals surface area contributed by atoms with Crippen LogP contribution in [0.25, 0.3) is 22.8 Å². The van der Waals surface area contributed by atoms with Gasteiger partial charge in [-0.15, -0.1) is 23.5 Å². The van der Waals surface area contributed by atoms with Gasteiger partial charge in [0.25, 0.3) is 0 Å². The van der Waals surface area contributed by atoms with Crippen LogP contribution in [0.2, 0.25) is 0 Å². The van der Waals surface area contributed by atoms with Gasteiger partial charge in [-0.05, 0) is 65.2 Å². The van der Waals surface area contributed by atoms with E-state index in [1.54, 1.807) is 89.2 Å². The van der Waals surface area contributed by atoms with Crippen LogP contribution in [-0.2, 0) is 38.2 Å². The van der Waals surface area contributed by atoms with Crippen molar-refractivity contribution >= 4 is 82.5 Å². The largest absolute Gasteiger partial charge is 0.481 e. The number of ether oxygens (including phenoxy) is 3. The van der Waals surface area contributed by atoms with E-state index in [0.29, 0.717) is 40.1 Å². The minimum absolute atomic E-state index is 0.00909. The molecule has 0 aliphatic carbocycles. The number of nitrogens with zero attached hydrogens (tertiary/aromatic N) is 1. The third-order valence-corrected chi connectivity index (χ3v) is 12.0. The molecule has 1 aliphatic rings. The molecule has 14 nitrogen and oxygen atoms in total. The number of carboxylic acids is 1. The van der Waals surface area contributed by atoms with Crippen LogP contribution in [-0.4, -0.2) is 92.9 Å². The van der Waals surface area contributed by atoms with Crippen molar-refractivity contribution in [1.29, 1.82) is 0 Å². The number of hydrogen-bond donors (Lipinski definition) is 4. The zero-order valence-corrected chi connectivity index (χ0v) is 37.3. The molecule has 2 aromatic carbocycles. The lowest BCUT2D eigenvalue weighted by Crippen LogP contribution is -2.38. The molecule has 0 fully saturated rings. The average Bonchev–Trinajstić information content (AvgIpc) is 3.76. The predicted molar refractivity (Wildman–Crippen MR) is 240 cm³/mol. The Labute approximate surface area is 364 Å². The molecule has 0 radical (unpaired) electrons.